The van der Waals surface area contributed by atoms with Gasteiger partial charge in [0.05, 0.1) is 0 Å². The molecule has 0 aromatic heterocycles. The molecule has 0 unspecified atom stereocenters. The van der Waals surface area contributed by atoms with Crippen LogP contribution in [0.15, 0.2) is 30.3 Å². The number of likely N-dealkylation sites (tertiary alicyclic amines) is 1. The van der Waals surface area contributed by atoms with Crippen LogP contribution in [0.25, 0.3) is 0 Å². The van der Waals surface area contributed by atoms with Crippen LogP contribution in [0.5, 0.6) is 0 Å². The summed E-state index contributed by atoms with van der Waals surface area (Å²) in [5, 5.41) is 0. The Bertz CT molecular complexity index is 477. The molecule has 0 bridgehead atoms. The molecule has 2 N–H and O–H groups in total. The van der Waals surface area contributed by atoms with Crippen molar-refractivity contribution in [1.29, 1.82) is 0 Å². The van der Waals surface area contributed by atoms with E-state index in [0.717, 1.165) is 45.3 Å². The molecule has 0 radical (unpaired) electrons. The third kappa shape index (κ3) is 5.05. The SMILES string of the molecule is O=C(NNC1CCN(Cc2ccccc2)CC1)C1CCCCC1. The fourth-order valence-electron chi connectivity index (χ4n) is 3.72. The van der Waals surface area contributed by atoms with Gasteiger partial charge in [0.25, 0.3) is 0 Å². The second-order valence-corrected chi connectivity index (χ2v) is 7.00. The van der Waals surface area contributed by atoms with E-state index in [1.807, 2.05) is 0 Å². The van der Waals surface area contributed by atoms with Gasteiger partial charge in [0, 0.05) is 31.6 Å². The lowest BCUT2D eigenvalue weighted by Crippen LogP contribution is -2.51. The molecule has 0 spiro atoms. The Morgan fingerprint density at radius 3 is 2.39 bits per heavy atom. The van der Waals surface area contributed by atoms with Gasteiger partial charge in [-0.25, -0.2) is 5.43 Å². The van der Waals surface area contributed by atoms with E-state index >= 15 is 0 Å². The predicted octanol–water partition coefficient (Wildman–Crippen LogP) is 2.85. The minimum absolute atomic E-state index is 0.205. The summed E-state index contributed by atoms with van der Waals surface area (Å²) >= 11 is 0. The van der Waals surface area contributed by atoms with Gasteiger partial charge in [-0.05, 0) is 31.2 Å². The molecule has 1 saturated heterocycles. The number of hydrazine groups is 1. The molecule has 1 aromatic carbocycles. The first kappa shape index (κ1) is 16.5. The first-order valence-corrected chi connectivity index (χ1v) is 9.13. The Morgan fingerprint density at radius 1 is 1.00 bits per heavy atom. The van der Waals surface area contributed by atoms with Crippen molar-refractivity contribution in [2.45, 2.75) is 57.5 Å². The van der Waals surface area contributed by atoms with Crippen molar-refractivity contribution in [3.8, 4) is 0 Å². The van der Waals surface area contributed by atoms with Crippen LogP contribution in [0, 0.1) is 5.92 Å². The van der Waals surface area contributed by atoms with Gasteiger partial charge >= 0.3 is 0 Å². The van der Waals surface area contributed by atoms with Crippen molar-refractivity contribution in [2.24, 2.45) is 5.92 Å². The lowest BCUT2D eigenvalue weighted by atomic mass is 9.89. The molecular formula is C19H29N3O. The Hall–Kier alpha value is -1.39. The fourth-order valence-corrected chi connectivity index (χ4v) is 3.72. The molecule has 1 aliphatic carbocycles. The lowest BCUT2D eigenvalue weighted by molar-refractivity contribution is -0.127. The van der Waals surface area contributed by atoms with Crippen LogP contribution in [-0.4, -0.2) is 29.9 Å². The number of benzene rings is 1. The Kier molecular flexibility index (Phi) is 6.06. The van der Waals surface area contributed by atoms with Crippen LogP contribution in [0.4, 0.5) is 0 Å². The summed E-state index contributed by atoms with van der Waals surface area (Å²) in [7, 11) is 0. The molecule has 1 saturated carbocycles. The number of nitrogens with one attached hydrogen (secondary N) is 2. The second-order valence-electron chi connectivity index (χ2n) is 7.00. The minimum atomic E-state index is 0.205. The van der Waals surface area contributed by atoms with E-state index in [-0.39, 0.29) is 11.8 Å². The van der Waals surface area contributed by atoms with Crippen molar-refractivity contribution < 1.29 is 4.79 Å². The van der Waals surface area contributed by atoms with Crippen LogP contribution in [0.3, 0.4) is 0 Å². The monoisotopic (exact) mass is 315 g/mol. The van der Waals surface area contributed by atoms with Crippen LogP contribution in [0.2, 0.25) is 0 Å². The topological polar surface area (TPSA) is 44.4 Å². The Balaban J connectivity index is 1.35. The van der Waals surface area contributed by atoms with E-state index in [0.29, 0.717) is 6.04 Å². The summed E-state index contributed by atoms with van der Waals surface area (Å²) in [6, 6.07) is 11.1. The van der Waals surface area contributed by atoms with Crippen molar-refractivity contribution in [3.05, 3.63) is 35.9 Å². The van der Waals surface area contributed by atoms with Crippen molar-refractivity contribution in [2.75, 3.05) is 13.1 Å². The number of hydrogen-bond acceptors (Lipinski definition) is 3. The van der Waals surface area contributed by atoms with Crippen LogP contribution >= 0.6 is 0 Å². The van der Waals surface area contributed by atoms with Crippen LogP contribution < -0.4 is 10.9 Å². The van der Waals surface area contributed by atoms with Gasteiger partial charge in [0.2, 0.25) is 5.91 Å². The highest BCUT2D eigenvalue weighted by Crippen LogP contribution is 2.23. The summed E-state index contributed by atoms with van der Waals surface area (Å²) in [6.07, 6.45) is 8.00. The van der Waals surface area contributed by atoms with E-state index in [4.69, 9.17) is 0 Å². The zero-order valence-corrected chi connectivity index (χ0v) is 14.0. The number of hydrogen-bond donors (Lipinski definition) is 2. The van der Waals surface area contributed by atoms with Crippen molar-refractivity contribution >= 4 is 5.91 Å². The van der Waals surface area contributed by atoms with Gasteiger partial charge in [0.1, 0.15) is 0 Å². The molecule has 2 aliphatic rings. The van der Waals surface area contributed by atoms with Gasteiger partial charge in [-0.3, -0.25) is 15.1 Å². The highest BCUT2D eigenvalue weighted by Gasteiger charge is 2.23. The minimum Gasteiger partial charge on any atom is -0.299 e. The average Bonchev–Trinajstić information content (AvgIpc) is 2.62. The molecule has 4 nitrogen and oxygen atoms in total. The number of piperidine rings is 1. The molecule has 1 heterocycles. The molecule has 1 aliphatic heterocycles. The maximum atomic E-state index is 12.2. The molecular weight excluding hydrogens is 286 g/mol. The van der Waals surface area contributed by atoms with Gasteiger partial charge in [-0.15, -0.1) is 0 Å². The van der Waals surface area contributed by atoms with Crippen LogP contribution in [-0.2, 0) is 11.3 Å². The standard InChI is InChI=1S/C19H29N3O/c23-19(17-9-5-2-6-10-17)21-20-18-11-13-22(14-12-18)15-16-7-3-1-4-8-16/h1,3-4,7-8,17-18,20H,2,5-6,9-15H2,(H,21,23). The third-order valence-electron chi connectivity index (χ3n) is 5.21. The summed E-state index contributed by atoms with van der Waals surface area (Å²) in [4.78, 5) is 14.7. The number of rotatable bonds is 5. The normalized spacial score (nSPS) is 21.2. The van der Waals surface area contributed by atoms with E-state index in [9.17, 15) is 4.79 Å². The molecule has 2 fully saturated rings. The Morgan fingerprint density at radius 2 is 1.70 bits per heavy atom. The highest BCUT2D eigenvalue weighted by atomic mass is 16.2. The van der Waals surface area contributed by atoms with Crippen molar-refractivity contribution in [1.82, 2.24) is 15.8 Å². The maximum Gasteiger partial charge on any atom is 0.237 e. The largest absolute Gasteiger partial charge is 0.299 e. The molecule has 4 heteroatoms. The number of carbonyl (C=O) groups excluding carboxylic acids is 1. The zero-order chi connectivity index (χ0) is 15.9. The molecule has 23 heavy (non-hydrogen) atoms. The maximum absolute atomic E-state index is 12.2. The first-order chi connectivity index (χ1) is 11.3. The van der Waals surface area contributed by atoms with E-state index in [2.05, 4.69) is 46.1 Å². The summed E-state index contributed by atoms with van der Waals surface area (Å²) < 4.78 is 0. The average molecular weight is 315 g/mol. The number of carbonyl (C=O) groups is 1. The summed E-state index contributed by atoms with van der Waals surface area (Å²) in [6.45, 7) is 3.21. The van der Waals surface area contributed by atoms with E-state index in [1.54, 1.807) is 0 Å². The molecule has 3 rings (SSSR count). The summed E-state index contributed by atoms with van der Waals surface area (Å²) in [5.41, 5.74) is 7.64. The van der Waals surface area contributed by atoms with Crippen LogP contribution in [0.1, 0.15) is 50.5 Å². The van der Waals surface area contributed by atoms with Gasteiger partial charge in [-0.2, -0.15) is 0 Å². The zero-order valence-electron chi connectivity index (χ0n) is 14.0. The molecule has 0 atom stereocenters. The number of nitrogens with zero attached hydrogens (tertiary/aromatic N) is 1. The molecule has 126 valence electrons. The molecule has 1 amide bonds. The third-order valence-corrected chi connectivity index (χ3v) is 5.21. The lowest BCUT2D eigenvalue weighted by Gasteiger charge is -2.33. The Labute approximate surface area is 139 Å². The summed E-state index contributed by atoms with van der Waals surface area (Å²) in [5.74, 6) is 0.436. The smallest absolute Gasteiger partial charge is 0.237 e. The van der Waals surface area contributed by atoms with Gasteiger partial charge in [-0.1, -0.05) is 49.6 Å². The van der Waals surface area contributed by atoms with E-state index < -0.39 is 0 Å². The van der Waals surface area contributed by atoms with E-state index in [1.165, 1.54) is 24.8 Å². The first-order valence-electron chi connectivity index (χ1n) is 9.13. The quantitative estimate of drug-likeness (QED) is 0.821. The predicted molar refractivity (Wildman–Crippen MR) is 92.6 cm³/mol. The number of amides is 1. The van der Waals surface area contributed by atoms with Crippen molar-refractivity contribution in [3.63, 3.8) is 0 Å². The van der Waals surface area contributed by atoms with Gasteiger partial charge in [0.15, 0.2) is 0 Å². The second kappa shape index (κ2) is 8.46. The molecule has 1 aromatic rings. The fraction of sp³-hybridized carbons (Fsp3) is 0.632. The van der Waals surface area contributed by atoms with Gasteiger partial charge < -0.3 is 0 Å². The highest BCUT2D eigenvalue weighted by molar-refractivity contribution is 5.78.